The van der Waals surface area contributed by atoms with E-state index in [1.807, 2.05) is 24.3 Å². The number of amides is 2. The van der Waals surface area contributed by atoms with Gasteiger partial charge in [-0.25, -0.2) is 0 Å². The van der Waals surface area contributed by atoms with E-state index in [1.165, 1.54) is 0 Å². The highest BCUT2D eigenvalue weighted by Crippen LogP contribution is 2.27. The van der Waals surface area contributed by atoms with E-state index in [0.29, 0.717) is 13.1 Å². The maximum atomic E-state index is 12.0. The van der Waals surface area contributed by atoms with E-state index in [9.17, 15) is 9.59 Å². The number of benzene rings is 1. The molecule has 0 radical (unpaired) electrons. The van der Waals surface area contributed by atoms with Crippen LogP contribution in [0.15, 0.2) is 24.3 Å². The summed E-state index contributed by atoms with van der Waals surface area (Å²) in [5, 5.41) is 5.77. The lowest BCUT2D eigenvalue weighted by Crippen LogP contribution is -2.32. The van der Waals surface area contributed by atoms with E-state index >= 15 is 0 Å². The van der Waals surface area contributed by atoms with Gasteiger partial charge in [-0.05, 0) is 30.5 Å². The van der Waals surface area contributed by atoms with Crippen molar-refractivity contribution in [2.24, 2.45) is 11.7 Å². The number of hydrogen-bond donors (Lipinski definition) is 3. The number of nitrogens with two attached hydrogens (primary N) is 1. The fraction of sp³-hybridized carbons (Fsp3) is 0.529. The fourth-order valence-corrected chi connectivity index (χ4v) is 2.42. The number of rotatable bonds is 8. The van der Waals surface area contributed by atoms with Gasteiger partial charge in [0.05, 0.1) is 12.5 Å². The van der Waals surface area contributed by atoms with Crippen molar-refractivity contribution in [2.45, 2.75) is 38.3 Å². The summed E-state index contributed by atoms with van der Waals surface area (Å²) in [4.78, 5) is 23.8. The Morgan fingerprint density at radius 3 is 2.78 bits per heavy atom. The van der Waals surface area contributed by atoms with Crippen molar-refractivity contribution in [3.8, 4) is 0 Å². The molecule has 1 atom stereocenters. The highest BCUT2D eigenvalue weighted by molar-refractivity contribution is 5.93. The van der Waals surface area contributed by atoms with Crippen molar-refractivity contribution in [1.82, 2.24) is 5.32 Å². The maximum absolute atomic E-state index is 12.0. The second kappa shape index (κ2) is 8.64. The summed E-state index contributed by atoms with van der Waals surface area (Å²) in [6.07, 6.45) is 3.07. The molecule has 1 aliphatic carbocycles. The number of carbonyl (C=O) groups excluding carboxylic acids is 2. The molecule has 1 unspecified atom stereocenters. The van der Waals surface area contributed by atoms with Crippen molar-refractivity contribution in [3.63, 3.8) is 0 Å². The van der Waals surface area contributed by atoms with Crippen LogP contribution < -0.4 is 16.4 Å². The van der Waals surface area contributed by atoms with E-state index in [0.717, 1.165) is 30.5 Å². The van der Waals surface area contributed by atoms with Gasteiger partial charge in [-0.15, -0.1) is 0 Å². The maximum Gasteiger partial charge on any atom is 0.227 e. The summed E-state index contributed by atoms with van der Waals surface area (Å²) >= 11 is 0. The predicted octanol–water partition coefficient (Wildman–Crippen LogP) is 1.41. The minimum atomic E-state index is -0.261. The van der Waals surface area contributed by atoms with E-state index in [-0.39, 0.29) is 30.3 Å². The molecule has 0 aliphatic heterocycles. The van der Waals surface area contributed by atoms with Crippen LogP contribution in [0.5, 0.6) is 0 Å². The highest BCUT2D eigenvalue weighted by atomic mass is 16.5. The number of nitrogens with one attached hydrogen (secondary N) is 2. The molecule has 23 heavy (non-hydrogen) atoms. The number of hydrogen-bond acceptors (Lipinski definition) is 4. The third kappa shape index (κ3) is 5.33. The third-order valence-corrected chi connectivity index (χ3v) is 4.17. The predicted molar refractivity (Wildman–Crippen MR) is 88.7 cm³/mol. The number of ether oxygens (including phenoxy) is 1. The average molecular weight is 319 g/mol. The molecule has 0 spiro atoms. The summed E-state index contributed by atoms with van der Waals surface area (Å²) in [6, 6.07) is 7.52. The van der Waals surface area contributed by atoms with Gasteiger partial charge in [-0.3, -0.25) is 9.59 Å². The Morgan fingerprint density at radius 1 is 1.39 bits per heavy atom. The molecule has 2 amide bonds. The molecule has 1 aliphatic rings. The molecule has 0 saturated heterocycles. The topological polar surface area (TPSA) is 93.4 Å². The van der Waals surface area contributed by atoms with Crippen LogP contribution in [0.1, 0.15) is 31.2 Å². The van der Waals surface area contributed by atoms with Crippen LogP contribution >= 0.6 is 0 Å². The van der Waals surface area contributed by atoms with Crippen molar-refractivity contribution in [1.29, 1.82) is 0 Å². The number of methoxy groups -OCH3 is 1. The summed E-state index contributed by atoms with van der Waals surface area (Å²) in [5.74, 6) is 0.134. The first-order chi connectivity index (χ1) is 11.1. The molecule has 1 fully saturated rings. The Bertz CT molecular complexity index is 540. The van der Waals surface area contributed by atoms with E-state index in [2.05, 4.69) is 10.6 Å². The van der Waals surface area contributed by atoms with Crippen LogP contribution in [0.2, 0.25) is 0 Å². The van der Waals surface area contributed by atoms with Gasteiger partial charge in [0.2, 0.25) is 11.8 Å². The average Bonchev–Trinajstić information content (AvgIpc) is 2.49. The molecular formula is C17H25N3O3. The lowest BCUT2D eigenvalue weighted by atomic mass is 9.85. The molecule has 0 heterocycles. The van der Waals surface area contributed by atoms with Crippen LogP contribution in [0.4, 0.5) is 5.69 Å². The second-order valence-corrected chi connectivity index (χ2v) is 5.89. The quantitative estimate of drug-likeness (QED) is 0.675. The smallest absolute Gasteiger partial charge is 0.227 e. The van der Waals surface area contributed by atoms with Gasteiger partial charge < -0.3 is 21.1 Å². The van der Waals surface area contributed by atoms with E-state index in [4.69, 9.17) is 10.5 Å². The summed E-state index contributed by atoms with van der Waals surface area (Å²) < 4.78 is 5.09. The number of anilines is 1. The normalized spacial score (nSPS) is 15.6. The molecule has 6 nitrogen and oxygen atoms in total. The zero-order valence-corrected chi connectivity index (χ0v) is 13.5. The van der Waals surface area contributed by atoms with E-state index < -0.39 is 0 Å². The third-order valence-electron chi connectivity index (χ3n) is 4.17. The Hall–Kier alpha value is -1.92. The Morgan fingerprint density at radius 2 is 2.17 bits per heavy atom. The number of carbonyl (C=O) groups is 2. The Balaban J connectivity index is 1.82. The van der Waals surface area contributed by atoms with Crippen LogP contribution in [0.3, 0.4) is 0 Å². The molecule has 0 aromatic heterocycles. The molecule has 4 N–H and O–H groups in total. The van der Waals surface area contributed by atoms with Gasteiger partial charge in [-0.2, -0.15) is 0 Å². The van der Waals surface area contributed by atoms with Crippen LogP contribution in [-0.2, 0) is 20.9 Å². The van der Waals surface area contributed by atoms with Crippen molar-refractivity contribution in [2.75, 3.05) is 19.0 Å². The molecule has 6 heteroatoms. The monoisotopic (exact) mass is 319 g/mol. The largest absolute Gasteiger partial charge is 0.380 e. The lowest BCUT2D eigenvalue weighted by Gasteiger charge is -2.24. The first-order valence-electron chi connectivity index (χ1n) is 8.01. The zero-order valence-electron chi connectivity index (χ0n) is 13.5. The van der Waals surface area contributed by atoms with Gasteiger partial charge >= 0.3 is 0 Å². The SMILES string of the molecule is COC(CN)CC(=O)NCc1cccc(NC(=O)C2CCC2)c1. The highest BCUT2D eigenvalue weighted by Gasteiger charge is 2.25. The van der Waals surface area contributed by atoms with Gasteiger partial charge in [-0.1, -0.05) is 18.6 Å². The molecule has 126 valence electrons. The Labute approximate surface area is 136 Å². The minimum Gasteiger partial charge on any atom is -0.380 e. The van der Waals surface area contributed by atoms with Crippen molar-refractivity contribution < 1.29 is 14.3 Å². The summed E-state index contributed by atoms with van der Waals surface area (Å²) in [7, 11) is 1.54. The molecule has 0 bridgehead atoms. The van der Waals surface area contributed by atoms with Crippen LogP contribution in [0, 0.1) is 5.92 Å². The van der Waals surface area contributed by atoms with Crippen molar-refractivity contribution in [3.05, 3.63) is 29.8 Å². The fourth-order valence-electron chi connectivity index (χ4n) is 2.42. The first-order valence-corrected chi connectivity index (χ1v) is 8.01. The van der Waals surface area contributed by atoms with E-state index in [1.54, 1.807) is 7.11 Å². The van der Waals surface area contributed by atoms with Crippen molar-refractivity contribution >= 4 is 17.5 Å². The molecule has 1 aromatic rings. The van der Waals surface area contributed by atoms with Crippen LogP contribution in [-0.4, -0.2) is 31.6 Å². The second-order valence-electron chi connectivity index (χ2n) is 5.89. The molecule has 1 saturated carbocycles. The molecule has 2 rings (SSSR count). The summed E-state index contributed by atoms with van der Waals surface area (Å²) in [5.41, 5.74) is 7.21. The Kier molecular flexibility index (Phi) is 6.55. The molecular weight excluding hydrogens is 294 g/mol. The minimum absolute atomic E-state index is 0.0864. The van der Waals surface area contributed by atoms with Gasteiger partial charge in [0.15, 0.2) is 0 Å². The van der Waals surface area contributed by atoms with Gasteiger partial charge in [0.1, 0.15) is 0 Å². The molecule has 1 aromatic carbocycles. The lowest BCUT2D eigenvalue weighted by molar-refractivity contribution is -0.123. The standard InChI is InChI=1S/C17H25N3O3/c1-23-15(10-18)9-16(21)19-11-12-4-2-7-14(8-12)20-17(22)13-5-3-6-13/h2,4,7-8,13,15H,3,5-6,9-11,18H2,1H3,(H,19,21)(H,20,22). The zero-order chi connectivity index (χ0) is 16.7. The summed E-state index contributed by atoms with van der Waals surface area (Å²) in [6.45, 7) is 0.722. The van der Waals surface area contributed by atoms with Gasteiger partial charge in [0.25, 0.3) is 0 Å². The van der Waals surface area contributed by atoms with Crippen LogP contribution in [0.25, 0.3) is 0 Å². The first kappa shape index (κ1) is 17.4. The van der Waals surface area contributed by atoms with Gasteiger partial charge in [0, 0.05) is 31.8 Å².